The third kappa shape index (κ3) is 2.44. The van der Waals surface area contributed by atoms with E-state index in [4.69, 9.17) is 5.11 Å². The van der Waals surface area contributed by atoms with Crippen molar-refractivity contribution in [1.82, 2.24) is 4.90 Å². The van der Waals surface area contributed by atoms with Crippen LogP contribution in [0, 0.1) is 5.92 Å². The number of aliphatic hydroxyl groups is 2. The fraction of sp³-hybridized carbons (Fsp3) is 1.00. The standard InChI is InChI=1S/C9H19NO2/c1-2-8-7-10(5-6-11)4-3-9(8)12/h8-9,11-12H,2-7H2,1H3/t8-,9+/m1/s1. The Morgan fingerprint density at radius 2 is 2.25 bits per heavy atom. The van der Waals surface area contributed by atoms with Crippen molar-refractivity contribution in [2.45, 2.75) is 25.9 Å². The van der Waals surface area contributed by atoms with Crippen LogP contribution in [-0.2, 0) is 0 Å². The minimum Gasteiger partial charge on any atom is -0.395 e. The monoisotopic (exact) mass is 173 g/mol. The lowest BCUT2D eigenvalue weighted by atomic mass is 9.92. The van der Waals surface area contributed by atoms with E-state index in [-0.39, 0.29) is 12.7 Å². The predicted molar refractivity (Wildman–Crippen MR) is 47.9 cm³/mol. The van der Waals surface area contributed by atoms with Gasteiger partial charge in [-0.2, -0.15) is 0 Å². The van der Waals surface area contributed by atoms with Crippen LogP contribution < -0.4 is 0 Å². The van der Waals surface area contributed by atoms with Crippen molar-refractivity contribution in [3.8, 4) is 0 Å². The largest absolute Gasteiger partial charge is 0.395 e. The molecule has 0 bridgehead atoms. The minimum absolute atomic E-state index is 0.120. The molecule has 1 rings (SSSR count). The van der Waals surface area contributed by atoms with E-state index in [1.54, 1.807) is 0 Å². The van der Waals surface area contributed by atoms with Gasteiger partial charge in [0.2, 0.25) is 0 Å². The molecule has 2 N–H and O–H groups in total. The number of hydrogen-bond donors (Lipinski definition) is 2. The number of aliphatic hydroxyl groups excluding tert-OH is 2. The zero-order chi connectivity index (χ0) is 8.97. The Morgan fingerprint density at radius 3 is 2.83 bits per heavy atom. The van der Waals surface area contributed by atoms with Crippen LogP contribution in [0.3, 0.4) is 0 Å². The van der Waals surface area contributed by atoms with Crippen molar-refractivity contribution < 1.29 is 10.2 Å². The number of nitrogens with zero attached hydrogens (tertiary/aromatic N) is 1. The van der Waals surface area contributed by atoms with Gasteiger partial charge in [-0.3, -0.25) is 0 Å². The Morgan fingerprint density at radius 1 is 1.50 bits per heavy atom. The molecule has 1 saturated heterocycles. The SMILES string of the molecule is CC[C@@H]1CN(CCO)CC[C@@H]1O. The normalized spacial score (nSPS) is 32.2. The number of hydrogen-bond acceptors (Lipinski definition) is 3. The fourth-order valence-corrected chi connectivity index (χ4v) is 1.84. The van der Waals surface area contributed by atoms with E-state index in [0.29, 0.717) is 5.92 Å². The van der Waals surface area contributed by atoms with Crippen molar-refractivity contribution in [1.29, 1.82) is 0 Å². The molecule has 0 aromatic carbocycles. The Balaban J connectivity index is 2.33. The van der Waals surface area contributed by atoms with E-state index < -0.39 is 0 Å². The molecule has 2 atom stereocenters. The van der Waals surface area contributed by atoms with Crippen molar-refractivity contribution >= 4 is 0 Å². The molecule has 1 aliphatic rings. The van der Waals surface area contributed by atoms with E-state index in [0.717, 1.165) is 32.5 Å². The number of piperidine rings is 1. The van der Waals surface area contributed by atoms with Crippen molar-refractivity contribution in [2.75, 3.05) is 26.2 Å². The van der Waals surface area contributed by atoms with Gasteiger partial charge in [0.05, 0.1) is 12.7 Å². The van der Waals surface area contributed by atoms with Gasteiger partial charge in [-0.15, -0.1) is 0 Å². The summed E-state index contributed by atoms with van der Waals surface area (Å²) in [6.07, 6.45) is 1.77. The first kappa shape index (κ1) is 9.96. The second kappa shape index (κ2) is 4.80. The summed E-state index contributed by atoms with van der Waals surface area (Å²) in [4.78, 5) is 2.22. The summed E-state index contributed by atoms with van der Waals surface area (Å²) in [5.41, 5.74) is 0. The second-order valence-electron chi connectivity index (χ2n) is 3.55. The maximum Gasteiger partial charge on any atom is 0.0592 e. The molecule has 0 saturated carbocycles. The average Bonchev–Trinajstić information content (AvgIpc) is 2.09. The molecule has 0 aromatic heterocycles. The van der Waals surface area contributed by atoms with Crippen LogP contribution in [0.1, 0.15) is 19.8 Å². The quantitative estimate of drug-likeness (QED) is 0.635. The molecule has 0 aliphatic carbocycles. The van der Waals surface area contributed by atoms with E-state index in [9.17, 15) is 5.11 Å². The fourth-order valence-electron chi connectivity index (χ4n) is 1.84. The van der Waals surface area contributed by atoms with Gasteiger partial charge in [0.25, 0.3) is 0 Å². The summed E-state index contributed by atoms with van der Waals surface area (Å²) < 4.78 is 0. The molecule has 0 spiro atoms. The third-order valence-corrected chi connectivity index (χ3v) is 2.72. The van der Waals surface area contributed by atoms with Crippen LogP contribution in [0.15, 0.2) is 0 Å². The van der Waals surface area contributed by atoms with Crippen LogP contribution in [0.2, 0.25) is 0 Å². The highest BCUT2D eigenvalue weighted by Crippen LogP contribution is 2.19. The van der Waals surface area contributed by atoms with E-state index in [1.165, 1.54) is 0 Å². The molecule has 1 aliphatic heterocycles. The molecule has 1 heterocycles. The maximum absolute atomic E-state index is 9.57. The highest BCUT2D eigenvalue weighted by Gasteiger charge is 2.25. The maximum atomic E-state index is 9.57. The lowest BCUT2D eigenvalue weighted by Crippen LogP contribution is -2.43. The highest BCUT2D eigenvalue weighted by atomic mass is 16.3. The van der Waals surface area contributed by atoms with Crippen LogP contribution in [-0.4, -0.2) is 47.5 Å². The molecule has 1 fully saturated rings. The first-order valence-corrected chi connectivity index (χ1v) is 4.79. The van der Waals surface area contributed by atoms with Gasteiger partial charge >= 0.3 is 0 Å². The van der Waals surface area contributed by atoms with E-state index in [1.807, 2.05) is 0 Å². The Hall–Kier alpha value is -0.120. The molecule has 3 nitrogen and oxygen atoms in total. The summed E-state index contributed by atoms with van der Waals surface area (Å²) in [6, 6.07) is 0. The molecule has 0 radical (unpaired) electrons. The van der Waals surface area contributed by atoms with Crippen molar-refractivity contribution in [3.05, 3.63) is 0 Å². The summed E-state index contributed by atoms with van der Waals surface area (Å²) in [5.74, 6) is 0.408. The van der Waals surface area contributed by atoms with Gasteiger partial charge in [0.1, 0.15) is 0 Å². The number of likely N-dealkylation sites (tertiary alicyclic amines) is 1. The van der Waals surface area contributed by atoms with Crippen LogP contribution >= 0.6 is 0 Å². The lowest BCUT2D eigenvalue weighted by molar-refractivity contribution is 0.0196. The molecule has 0 unspecified atom stereocenters. The summed E-state index contributed by atoms with van der Waals surface area (Å²) in [6.45, 7) is 4.96. The zero-order valence-electron chi connectivity index (χ0n) is 7.74. The van der Waals surface area contributed by atoms with Gasteiger partial charge in [-0.05, 0) is 18.8 Å². The topological polar surface area (TPSA) is 43.7 Å². The third-order valence-electron chi connectivity index (χ3n) is 2.72. The van der Waals surface area contributed by atoms with Gasteiger partial charge in [0, 0.05) is 19.6 Å². The van der Waals surface area contributed by atoms with Crippen LogP contribution in [0.4, 0.5) is 0 Å². The summed E-state index contributed by atoms with van der Waals surface area (Å²) in [5, 5.41) is 18.3. The minimum atomic E-state index is -0.120. The van der Waals surface area contributed by atoms with Crippen LogP contribution in [0.5, 0.6) is 0 Å². The molecule has 3 heteroatoms. The number of rotatable bonds is 3. The smallest absolute Gasteiger partial charge is 0.0592 e. The molecule has 0 amide bonds. The molecule has 12 heavy (non-hydrogen) atoms. The average molecular weight is 173 g/mol. The zero-order valence-corrected chi connectivity index (χ0v) is 7.74. The molecular weight excluding hydrogens is 154 g/mol. The highest BCUT2D eigenvalue weighted by molar-refractivity contribution is 4.78. The van der Waals surface area contributed by atoms with Gasteiger partial charge in [0.15, 0.2) is 0 Å². The van der Waals surface area contributed by atoms with Crippen LogP contribution in [0.25, 0.3) is 0 Å². The van der Waals surface area contributed by atoms with Crippen molar-refractivity contribution in [2.24, 2.45) is 5.92 Å². The van der Waals surface area contributed by atoms with E-state index >= 15 is 0 Å². The molecular formula is C9H19NO2. The van der Waals surface area contributed by atoms with Gasteiger partial charge in [-0.25, -0.2) is 0 Å². The Labute approximate surface area is 74.0 Å². The first-order chi connectivity index (χ1) is 5.77. The van der Waals surface area contributed by atoms with E-state index in [2.05, 4.69) is 11.8 Å². The predicted octanol–water partition coefficient (Wildman–Crippen LogP) is 0.0715. The first-order valence-electron chi connectivity index (χ1n) is 4.79. The number of β-amino-alcohol motifs (C(OH)–C–C–N with tert-alkyl or cyclic N) is 1. The second-order valence-corrected chi connectivity index (χ2v) is 3.55. The van der Waals surface area contributed by atoms with Gasteiger partial charge < -0.3 is 15.1 Å². The Kier molecular flexibility index (Phi) is 3.98. The molecule has 0 aromatic rings. The van der Waals surface area contributed by atoms with Crippen molar-refractivity contribution in [3.63, 3.8) is 0 Å². The lowest BCUT2D eigenvalue weighted by Gasteiger charge is -2.35. The summed E-state index contributed by atoms with van der Waals surface area (Å²) in [7, 11) is 0. The Bertz CT molecular complexity index is 130. The molecule has 72 valence electrons. The van der Waals surface area contributed by atoms with Gasteiger partial charge in [-0.1, -0.05) is 6.92 Å². The summed E-state index contributed by atoms with van der Waals surface area (Å²) >= 11 is 0.